The van der Waals surface area contributed by atoms with Crippen LogP contribution in [0.3, 0.4) is 0 Å². The summed E-state index contributed by atoms with van der Waals surface area (Å²) in [6.45, 7) is 19.1. The average Bonchev–Trinajstić information content (AvgIpc) is 3.09. The van der Waals surface area contributed by atoms with Gasteiger partial charge in [-0.05, 0) is 45.9 Å². The molecule has 0 aliphatic carbocycles. The molecular weight excluding hydrogens is 684 g/mol. The molecule has 0 aromatic heterocycles. The number of likely N-dealkylation sites (tertiary alicyclic amines) is 4. The number of carbonyl (C=O) groups is 4. The molecular formula is C42H58N6O6. The molecule has 6 aliphatic rings. The second-order valence-electron chi connectivity index (χ2n) is 18.0. The molecule has 2 N–H and O–H groups in total. The van der Waals surface area contributed by atoms with E-state index in [2.05, 4.69) is 101 Å². The zero-order chi connectivity index (χ0) is 38.4. The van der Waals surface area contributed by atoms with Crippen LogP contribution in [0, 0.1) is 0 Å². The number of nitrogens with zero attached hydrogens (tertiary/aromatic N) is 4. The molecule has 4 atom stereocenters. The molecule has 6 amide bonds. The fourth-order valence-electron chi connectivity index (χ4n) is 8.35. The van der Waals surface area contributed by atoms with Gasteiger partial charge in [0.1, 0.15) is 13.2 Å². The largest absolute Gasteiger partial charge is 0.366 e. The van der Waals surface area contributed by atoms with Gasteiger partial charge in [0.25, 0.3) is 0 Å². The lowest BCUT2D eigenvalue weighted by molar-refractivity contribution is -0.140. The van der Waals surface area contributed by atoms with Gasteiger partial charge < -0.3 is 39.7 Å². The number of carbonyl (C=O) groups excluding carboxylic acids is 4. The van der Waals surface area contributed by atoms with Crippen molar-refractivity contribution < 1.29 is 28.7 Å². The molecule has 54 heavy (non-hydrogen) atoms. The number of piperidine rings is 2. The van der Waals surface area contributed by atoms with Crippen LogP contribution < -0.4 is 10.6 Å². The Labute approximate surface area is 319 Å². The fraction of sp³-hybridized carbons (Fsp3) is 0.619. The van der Waals surface area contributed by atoms with Gasteiger partial charge in [-0.25, -0.2) is 9.59 Å². The predicted octanol–water partition coefficient (Wildman–Crippen LogP) is 4.19. The van der Waals surface area contributed by atoms with E-state index in [9.17, 15) is 19.2 Å². The van der Waals surface area contributed by atoms with Crippen LogP contribution in [-0.4, -0.2) is 133 Å². The normalized spacial score (nSPS) is 26.3. The second-order valence-corrected chi connectivity index (χ2v) is 18.0. The summed E-state index contributed by atoms with van der Waals surface area (Å²) < 4.78 is 11.1. The van der Waals surface area contributed by atoms with Crippen molar-refractivity contribution >= 4 is 23.9 Å². The van der Waals surface area contributed by atoms with E-state index in [1.54, 1.807) is 0 Å². The fourth-order valence-corrected chi connectivity index (χ4v) is 8.35. The number of ether oxygens (including phenoxy) is 2. The molecule has 0 unspecified atom stereocenters. The molecule has 2 aromatic rings. The third-order valence-corrected chi connectivity index (χ3v) is 12.0. The Morgan fingerprint density at radius 2 is 0.907 bits per heavy atom. The molecule has 12 nitrogen and oxygen atoms in total. The lowest BCUT2D eigenvalue weighted by Gasteiger charge is -2.46. The van der Waals surface area contributed by atoms with Gasteiger partial charge in [0.15, 0.2) is 0 Å². The first-order valence-corrected chi connectivity index (χ1v) is 19.7. The van der Waals surface area contributed by atoms with Crippen molar-refractivity contribution in [1.29, 1.82) is 0 Å². The van der Waals surface area contributed by atoms with Gasteiger partial charge in [-0.1, -0.05) is 90.1 Å². The van der Waals surface area contributed by atoms with Gasteiger partial charge in [-0.15, -0.1) is 0 Å². The Hall–Kier alpha value is -4.16. The zero-order valence-corrected chi connectivity index (χ0v) is 32.8. The molecule has 8 rings (SSSR count). The van der Waals surface area contributed by atoms with E-state index in [4.69, 9.17) is 9.47 Å². The number of hydrogen-bond acceptors (Lipinski definition) is 6. The maximum absolute atomic E-state index is 12.8. The van der Waals surface area contributed by atoms with E-state index in [-0.39, 0.29) is 72.2 Å². The Morgan fingerprint density at radius 1 is 0.556 bits per heavy atom. The van der Waals surface area contributed by atoms with Gasteiger partial charge in [0, 0.05) is 64.2 Å². The lowest BCUT2D eigenvalue weighted by atomic mass is 9.84. The van der Waals surface area contributed by atoms with Crippen molar-refractivity contribution in [2.24, 2.45) is 0 Å². The number of nitrogens with one attached hydrogen (secondary N) is 2. The van der Waals surface area contributed by atoms with Crippen LogP contribution in [0.5, 0.6) is 0 Å². The Bertz CT molecular complexity index is 1560. The predicted molar refractivity (Wildman–Crippen MR) is 205 cm³/mol. The zero-order valence-electron chi connectivity index (χ0n) is 32.8. The molecule has 6 aliphatic heterocycles. The maximum Gasteiger partial charge on any atom is 0.320 e. The number of morpholine rings is 2. The van der Waals surface area contributed by atoms with Gasteiger partial charge in [0.05, 0.1) is 24.3 Å². The van der Waals surface area contributed by atoms with Crippen LogP contribution in [0.15, 0.2) is 48.5 Å². The Kier molecular flexibility index (Phi) is 10.7. The minimum Gasteiger partial charge on any atom is -0.366 e. The van der Waals surface area contributed by atoms with Crippen LogP contribution in [0.25, 0.3) is 0 Å². The number of hydrogen-bond donors (Lipinski definition) is 2. The molecule has 12 heteroatoms. The molecule has 6 saturated heterocycles. The van der Waals surface area contributed by atoms with Gasteiger partial charge in [-0.3, -0.25) is 9.59 Å². The number of rotatable bonds is 2. The van der Waals surface area contributed by atoms with E-state index in [1.165, 1.54) is 22.3 Å². The molecule has 292 valence electrons. The van der Waals surface area contributed by atoms with Crippen molar-refractivity contribution in [3.63, 3.8) is 0 Å². The van der Waals surface area contributed by atoms with Gasteiger partial charge in [0.2, 0.25) is 11.8 Å². The number of benzene rings is 2. The first-order chi connectivity index (χ1) is 25.6. The highest BCUT2D eigenvalue weighted by atomic mass is 16.5. The third kappa shape index (κ3) is 8.39. The highest BCUT2D eigenvalue weighted by molar-refractivity contribution is 5.80. The van der Waals surface area contributed by atoms with Gasteiger partial charge in [-0.2, -0.15) is 0 Å². The van der Waals surface area contributed by atoms with Crippen LogP contribution >= 0.6 is 0 Å². The number of amides is 6. The van der Waals surface area contributed by atoms with Crippen molar-refractivity contribution in [2.45, 2.75) is 101 Å². The summed E-state index contributed by atoms with van der Waals surface area (Å²) in [5, 5.41) is 5.91. The second kappa shape index (κ2) is 15.2. The SMILES string of the molecule is CC(C)(C)c1ccc(C2CN(C(=O)N3CC[C@@H]4OCC(=O)N[C@H]4C3)C2)cc1.CC(C)(C)c1ccc(C2CN(C(=O)N3CC[C@H]4OCC(=O)N[C@@H]4C3)C2)cc1. The maximum atomic E-state index is 12.8. The third-order valence-electron chi connectivity index (χ3n) is 12.0. The van der Waals surface area contributed by atoms with Crippen molar-refractivity contribution in [2.75, 3.05) is 65.6 Å². The summed E-state index contributed by atoms with van der Waals surface area (Å²) in [5.74, 6) is 0.651. The summed E-state index contributed by atoms with van der Waals surface area (Å²) in [5.41, 5.74) is 5.59. The van der Waals surface area contributed by atoms with Crippen molar-refractivity contribution in [3.05, 3.63) is 70.8 Å². The highest BCUT2D eigenvalue weighted by Crippen LogP contribution is 2.33. The van der Waals surface area contributed by atoms with Gasteiger partial charge >= 0.3 is 12.1 Å². The molecule has 2 aromatic carbocycles. The Balaban J connectivity index is 0.000000167. The Morgan fingerprint density at radius 3 is 1.24 bits per heavy atom. The minimum atomic E-state index is -0.0896. The molecule has 6 heterocycles. The van der Waals surface area contributed by atoms with Crippen molar-refractivity contribution in [3.8, 4) is 0 Å². The van der Waals surface area contributed by atoms with E-state index >= 15 is 0 Å². The molecule has 0 saturated carbocycles. The standard InChI is InChI=1S/2C21H29N3O3/c2*1-21(2,3)16-6-4-14(5-7-16)15-10-24(11-15)20(26)23-9-8-18-17(12-23)22-19(25)13-27-18/h2*4-7,15,17-18H,8-13H2,1-3H3,(H,22,25)/t2*17-,18-/m10/s1. The summed E-state index contributed by atoms with van der Waals surface area (Å²) >= 11 is 0. The van der Waals surface area contributed by atoms with Crippen molar-refractivity contribution in [1.82, 2.24) is 30.2 Å². The average molecular weight is 743 g/mol. The smallest absolute Gasteiger partial charge is 0.320 e. The first-order valence-electron chi connectivity index (χ1n) is 19.7. The topological polar surface area (TPSA) is 124 Å². The summed E-state index contributed by atoms with van der Waals surface area (Å²) in [7, 11) is 0. The quantitative estimate of drug-likeness (QED) is 0.476. The number of urea groups is 2. The first kappa shape index (κ1) is 38.1. The van der Waals surface area contributed by atoms with E-state index in [0.717, 1.165) is 39.0 Å². The summed E-state index contributed by atoms with van der Waals surface area (Å²) in [6, 6.07) is 17.6. The summed E-state index contributed by atoms with van der Waals surface area (Å²) in [4.78, 5) is 56.2. The molecule has 6 fully saturated rings. The highest BCUT2D eigenvalue weighted by Gasteiger charge is 2.42. The van der Waals surface area contributed by atoms with E-state index < -0.39 is 0 Å². The van der Waals surface area contributed by atoms with Crippen LogP contribution in [0.1, 0.15) is 88.5 Å². The number of fused-ring (bicyclic) bond motifs is 2. The summed E-state index contributed by atoms with van der Waals surface area (Å²) in [6.07, 6.45) is 1.64. The van der Waals surface area contributed by atoms with Crippen LogP contribution in [0.2, 0.25) is 0 Å². The monoisotopic (exact) mass is 742 g/mol. The van der Waals surface area contributed by atoms with Crippen LogP contribution in [0.4, 0.5) is 9.59 Å². The molecule has 0 radical (unpaired) electrons. The lowest BCUT2D eigenvalue weighted by Crippen LogP contribution is -2.63. The van der Waals surface area contributed by atoms with E-state index in [0.29, 0.717) is 38.0 Å². The molecule has 0 spiro atoms. The van der Waals surface area contributed by atoms with E-state index in [1.807, 2.05) is 19.6 Å². The molecule has 0 bridgehead atoms. The minimum absolute atomic E-state index is 0.0391. The van der Waals surface area contributed by atoms with Crippen LogP contribution in [-0.2, 0) is 29.9 Å².